The third-order valence-corrected chi connectivity index (χ3v) is 5.53. The zero-order valence-corrected chi connectivity index (χ0v) is 17.8. The number of hydrogen-bond donors (Lipinski definition) is 4. The minimum atomic E-state index is -1.08. The lowest BCUT2D eigenvalue weighted by molar-refractivity contribution is 0.100. The summed E-state index contributed by atoms with van der Waals surface area (Å²) in [5.41, 5.74) is 9.68. The molecule has 3 rings (SSSR count). The first-order chi connectivity index (χ1) is 13.5. The summed E-state index contributed by atoms with van der Waals surface area (Å²) in [5.74, 6) is -0.459. The first kappa shape index (κ1) is 20.7. The number of benzene rings is 1. The van der Waals surface area contributed by atoms with Crippen molar-refractivity contribution in [3.8, 4) is 5.75 Å². The molecule has 0 unspecified atom stereocenters. The van der Waals surface area contributed by atoms with E-state index in [1.807, 2.05) is 50.3 Å². The summed E-state index contributed by atoms with van der Waals surface area (Å²) in [7, 11) is 0. The van der Waals surface area contributed by atoms with Gasteiger partial charge in [-0.1, -0.05) is 19.1 Å². The number of nitrogens with one attached hydrogen (secondary N) is 1. The van der Waals surface area contributed by atoms with Crippen LogP contribution in [0.25, 0.3) is 28.3 Å². The smallest absolute Gasteiger partial charge is 0.253 e. The van der Waals surface area contributed by atoms with Crippen molar-refractivity contribution < 1.29 is 15.0 Å². The lowest BCUT2D eigenvalue weighted by Crippen LogP contribution is -2.34. The highest BCUT2D eigenvalue weighted by atomic mass is 16.3. The molecule has 1 aromatic carbocycles. The summed E-state index contributed by atoms with van der Waals surface area (Å²) in [6.07, 6.45) is 4.43. The first-order valence-electron chi connectivity index (χ1n) is 9.78. The molecule has 0 saturated carbocycles. The van der Waals surface area contributed by atoms with Gasteiger partial charge in [-0.2, -0.15) is 0 Å². The molecule has 0 saturated heterocycles. The summed E-state index contributed by atoms with van der Waals surface area (Å²) in [6, 6.07) is 3.48. The van der Waals surface area contributed by atoms with Crippen molar-refractivity contribution in [3.63, 3.8) is 0 Å². The van der Waals surface area contributed by atoms with Gasteiger partial charge in [0.15, 0.2) is 0 Å². The Labute approximate surface area is 169 Å². The van der Waals surface area contributed by atoms with E-state index >= 15 is 0 Å². The number of aromatic hydroxyl groups is 1. The average Bonchev–Trinajstić information content (AvgIpc) is 3.15. The van der Waals surface area contributed by atoms with E-state index in [0.29, 0.717) is 27.5 Å². The number of phenols is 1. The van der Waals surface area contributed by atoms with Gasteiger partial charge in [-0.25, -0.2) is 0 Å². The Hall–Kier alpha value is -2.99. The van der Waals surface area contributed by atoms with E-state index in [0.717, 1.165) is 28.4 Å². The Kier molecular flexibility index (Phi) is 5.09. The van der Waals surface area contributed by atoms with Gasteiger partial charge in [-0.3, -0.25) is 9.20 Å². The fraction of sp³-hybridized carbons (Fsp3) is 0.348. The van der Waals surface area contributed by atoms with Crippen LogP contribution in [0.3, 0.4) is 0 Å². The molecule has 0 radical (unpaired) electrons. The van der Waals surface area contributed by atoms with Crippen molar-refractivity contribution in [3.05, 3.63) is 45.5 Å². The number of carbonyl (C=O) groups is 1. The van der Waals surface area contributed by atoms with Gasteiger partial charge in [0, 0.05) is 5.22 Å². The molecule has 0 spiro atoms. The Morgan fingerprint density at radius 3 is 2.52 bits per heavy atom. The number of aliphatic hydroxyl groups is 1. The molecular formula is C23H29N3O3. The predicted octanol–water partition coefficient (Wildman–Crippen LogP) is 2.61. The fourth-order valence-corrected chi connectivity index (χ4v) is 3.89. The maximum atomic E-state index is 12.5. The number of phenolic OH excluding ortho intramolecular Hbond substituents is 1. The molecule has 154 valence electrons. The molecule has 0 aliphatic carbocycles. The van der Waals surface area contributed by atoms with Gasteiger partial charge in [-0.15, -0.1) is 0 Å². The first-order valence-corrected chi connectivity index (χ1v) is 9.78. The molecule has 0 aliphatic heterocycles. The maximum absolute atomic E-state index is 12.5. The standard InChI is InChI=1S/C23H29N3O3/c1-7-12(3)19-15(11-14(8-2)23(5,6)29)17(21(24)28)22-25-18-16(27)10-9-13(4)20(18)26(19)22/h8-11,25,27,29H,7H2,1-6H3,(H2,24,28)/b14-8+,15-11-,19-12?. The van der Waals surface area contributed by atoms with E-state index in [2.05, 4.69) is 4.98 Å². The second kappa shape index (κ2) is 7.12. The summed E-state index contributed by atoms with van der Waals surface area (Å²) >= 11 is 0. The number of nitrogens with two attached hydrogens (primary N) is 1. The summed E-state index contributed by atoms with van der Waals surface area (Å²) in [6.45, 7) is 11.3. The predicted molar refractivity (Wildman–Crippen MR) is 117 cm³/mol. The number of fused-ring (bicyclic) bond motifs is 3. The van der Waals surface area contributed by atoms with Crippen LogP contribution in [-0.2, 0) is 0 Å². The van der Waals surface area contributed by atoms with Gasteiger partial charge in [0.2, 0.25) is 0 Å². The molecule has 2 aromatic heterocycles. The highest BCUT2D eigenvalue weighted by Crippen LogP contribution is 2.28. The molecule has 0 atom stereocenters. The Bertz CT molecular complexity index is 1280. The number of amides is 1. The number of aromatic amines is 1. The van der Waals surface area contributed by atoms with Crippen molar-refractivity contribution in [2.45, 2.75) is 53.6 Å². The second-order valence-electron chi connectivity index (χ2n) is 8.02. The number of imidazole rings is 1. The highest BCUT2D eigenvalue weighted by molar-refractivity contribution is 6.03. The minimum Gasteiger partial charge on any atom is -0.506 e. The maximum Gasteiger partial charge on any atom is 0.253 e. The summed E-state index contributed by atoms with van der Waals surface area (Å²) < 4.78 is 1.97. The lowest BCUT2D eigenvalue weighted by Gasteiger charge is -2.18. The van der Waals surface area contributed by atoms with Crippen LogP contribution in [0.5, 0.6) is 5.75 Å². The summed E-state index contributed by atoms with van der Waals surface area (Å²) in [4.78, 5) is 15.7. The Morgan fingerprint density at radius 1 is 1.34 bits per heavy atom. The van der Waals surface area contributed by atoms with E-state index in [1.165, 1.54) is 0 Å². The topological polar surface area (TPSA) is 104 Å². The van der Waals surface area contributed by atoms with E-state index in [4.69, 9.17) is 5.73 Å². The third kappa shape index (κ3) is 3.23. The van der Waals surface area contributed by atoms with Crippen LogP contribution in [0.4, 0.5) is 0 Å². The van der Waals surface area contributed by atoms with Crippen LogP contribution in [0.15, 0.2) is 23.8 Å². The molecule has 3 aromatic rings. The molecule has 2 heterocycles. The van der Waals surface area contributed by atoms with Crippen LogP contribution >= 0.6 is 0 Å². The highest BCUT2D eigenvalue weighted by Gasteiger charge is 2.23. The average molecular weight is 396 g/mol. The minimum absolute atomic E-state index is 0.112. The van der Waals surface area contributed by atoms with Crippen molar-refractivity contribution in [2.75, 3.05) is 0 Å². The van der Waals surface area contributed by atoms with Crippen LogP contribution in [0.1, 0.15) is 57.0 Å². The molecule has 5 N–H and O–H groups in total. The fourth-order valence-electron chi connectivity index (χ4n) is 3.89. The van der Waals surface area contributed by atoms with Crippen LogP contribution in [0.2, 0.25) is 0 Å². The van der Waals surface area contributed by atoms with Crippen molar-refractivity contribution >= 4 is 34.2 Å². The van der Waals surface area contributed by atoms with Gasteiger partial charge in [0.05, 0.1) is 22.0 Å². The lowest BCUT2D eigenvalue weighted by atomic mass is 9.96. The number of allylic oxidation sites excluding steroid dienone is 1. The van der Waals surface area contributed by atoms with Gasteiger partial charge in [0.25, 0.3) is 5.91 Å². The molecule has 6 heteroatoms. The second-order valence-corrected chi connectivity index (χ2v) is 8.02. The molecule has 0 bridgehead atoms. The normalized spacial score (nSPS) is 14.9. The quantitative estimate of drug-likeness (QED) is 0.546. The molecule has 29 heavy (non-hydrogen) atoms. The zero-order valence-electron chi connectivity index (χ0n) is 17.8. The monoisotopic (exact) mass is 395 g/mol. The molecule has 0 fully saturated rings. The SMILES string of the molecule is C/C=C(\C=c1\c(C(N)=O)c2[nH]c3c(O)ccc(C)c3n2c1=C(C)CC)C(C)(C)O. The largest absolute Gasteiger partial charge is 0.506 e. The number of carbonyl (C=O) groups excluding carboxylic acids is 1. The third-order valence-electron chi connectivity index (χ3n) is 5.53. The zero-order chi connectivity index (χ0) is 21.7. The van der Waals surface area contributed by atoms with Gasteiger partial charge >= 0.3 is 0 Å². The van der Waals surface area contributed by atoms with E-state index in [-0.39, 0.29) is 5.75 Å². The van der Waals surface area contributed by atoms with Crippen LogP contribution in [-0.4, -0.2) is 31.1 Å². The van der Waals surface area contributed by atoms with Gasteiger partial charge < -0.3 is 20.9 Å². The van der Waals surface area contributed by atoms with Crippen molar-refractivity contribution in [1.82, 2.24) is 9.38 Å². The number of aromatic nitrogens is 2. The van der Waals surface area contributed by atoms with E-state index in [9.17, 15) is 15.0 Å². The van der Waals surface area contributed by atoms with E-state index in [1.54, 1.807) is 19.9 Å². The van der Waals surface area contributed by atoms with Crippen LogP contribution in [0, 0.1) is 6.92 Å². The van der Waals surface area contributed by atoms with Gasteiger partial charge in [-0.05, 0) is 69.9 Å². The van der Waals surface area contributed by atoms with Crippen molar-refractivity contribution in [1.29, 1.82) is 0 Å². The number of aryl methyl sites for hydroxylation is 1. The van der Waals surface area contributed by atoms with Crippen LogP contribution < -0.4 is 16.3 Å². The number of nitrogens with zero attached hydrogens (tertiary/aromatic N) is 1. The number of rotatable bonds is 4. The number of primary amides is 1. The Balaban J connectivity index is 2.73. The Morgan fingerprint density at radius 2 is 2.00 bits per heavy atom. The molecule has 6 nitrogen and oxygen atoms in total. The van der Waals surface area contributed by atoms with E-state index < -0.39 is 11.5 Å². The molecule has 1 amide bonds. The van der Waals surface area contributed by atoms with Gasteiger partial charge in [0.1, 0.15) is 16.9 Å². The van der Waals surface area contributed by atoms with Crippen molar-refractivity contribution in [2.24, 2.45) is 5.73 Å². The number of hydrogen-bond acceptors (Lipinski definition) is 3. The molecule has 0 aliphatic rings. The number of H-pyrrole nitrogens is 1. The summed E-state index contributed by atoms with van der Waals surface area (Å²) in [5, 5.41) is 22.5. The molecular weight excluding hydrogens is 366 g/mol.